The van der Waals surface area contributed by atoms with Crippen LogP contribution in [0.4, 0.5) is 0 Å². The van der Waals surface area contributed by atoms with Crippen LogP contribution in [0.5, 0.6) is 0 Å². The second-order valence-electron chi connectivity index (χ2n) is 3.41. The maximum atomic E-state index is 8.25. The number of carbonyl (C=O) groups is 2. The Balaban J connectivity index is 0.000000452. The van der Waals surface area contributed by atoms with Gasteiger partial charge in [0.1, 0.15) is 0 Å². The molecule has 1 aromatic heterocycles. The van der Waals surface area contributed by atoms with Gasteiger partial charge in [0, 0.05) is 34.8 Å². The molecule has 3 rings (SSSR count). The number of carboxylic acid groups (broad SMARTS) is 2. The summed E-state index contributed by atoms with van der Waals surface area (Å²) in [7, 11) is 0. The molecular formula is C14H11BaNO4. The van der Waals surface area contributed by atoms with Gasteiger partial charge in [-0.25, -0.2) is 0 Å². The number of nitrogens with one attached hydrogen (secondary N) is 1. The SMILES string of the molecule is O=C[O-].O=C[O-].[Ba+2].c1ccc2c(c1)[nH]c1ccccc12. The molecule has 1 N–H and O–H groups in total. The zero-order chi connectivity index (χ0) is 14.1. The summed E-state index contributed by atoms with van der Waals surface area (Å²) in [6.45, 7) is -1.00. The van der Waals surface area contributed by atoms with Gasteiger partial charge in [0.2, 0.25) is 0 Å². The number of fused-ring (bicyclic) bond motifs is 3. The molecule has 0 radical (unpaired) electrons. The third-order valence-corrected chi connectivity index (χ3v) is 2.41. The molecule has 20 heavy (non-hydrogen) atoms. The molecule has 0 aliphatic carbocycles. The van der Waals surface area contributed by atoms with Crippen LogP contribution in [0.15, 0.2) is 48.5 Å². The van der Waals surface area contributed by atoms with E-state index in [0.29, 0.717) is 0 Å². The van der Waals surface area contributed by atoms with Gasteiger partial charge in [0.15, 0.2) is 0 Å². The van der Waals surface area contributed by atoms with Crippen LogP contribution in [0.25, 0.3) is 21.8 Å². The van der Waals surface area contributed by atoms with Crippen molar-refractivity contribution in [3.63, 3.8) is 0 Å². The van der Waals surface area contributed by atoms with Crippen molar-refractivity contribution >= 4 is 83.6 Å². The second-order valence-corrected chi connectivity index (χ2v) is 3.41. The summed E-state index contributed by atoms with van der Waals surface area (Å²) in [6, 6.07) is 16.8. The fourth-order valence-corrected chi connectivity index (χ4v) is 1.80. The maximum Gasteiger partial charge on any atom is 2.00 e. The smallest absolute Gasteiger partial charge is 0.554 e. The number of carbonyl (C=O) groups excluding carboxylic acids is 2. The third kappa shape index (κ3) is 5.03. The molecule has 0 aliphatic heterocycles. The minimum absolute atomic E-state index is 0. The minimum Gasteiger partial charge on any atom is -0.554 e. The van der Waals surface area contributed by atoms with Crippen molar-refractivity contribution in [3.05, 3.63) is 48.5 Å². The van der Waals surface area contributed by atoms with E-state index in [-0.39, 0.29) is 48.9 Å². The molecule has 0 saturated carbocycles. The second kappa shape index (κ2) is 10.5. The Morgan fingerprint density at radius 3 is 1.40 bits per heavy atom. The van der Waals surface area contributed by atoms with E-state index in [0.717, 1.165) is 0 Å². The number of benzene rings is 2. The number of hydrogen-bond donors (Lipinski definition) is 1. The molecule has 98 valence electrons. The summed E-state index contributed by atoms with van der Waals surface area (Å²) in [5.74, 6) is 0. The largest absolute Gasteiger partial charge is 2.00 e. The fraction of sp³-hybridized carbons (Fsp3) is 0. The van der Waals surface area contributed by atoms with Gasteiger partial charge < -0.3 is 24.8 Å². The van der Waals surface area contributed by atoms with Crippen molar-refractivity contribution in [3.8, 4) is 0 Å². The average Bonchev–Trinajstić information content (AvgIpc) is 2.79. The average molecular weight is 395 g/mol. The Bertz CT molecular complexity index is 610. The number of para-hydroxylation sites is 2. The first kappa shape index (κ1) is 18.8. The summed E-state index contributed by atoms with van der Waals surface area (Å²) >= 11 is 0. The van der Waals surface area contributed by atoms with Crippen LogP contribution in [-0.4, -0.2) is 66.8 Å². The van der Waals surface area contributed by atoms with Crippen molar-refractivity contribution in [2.24, 2.45) is 0 Å². The molecule has 6 heteroatoms. The van der Waals surface area contributed by atoms with E-state index in [1.165, 1.54) is 21.8 Å². The van der Waals surface area contributed by atoms with Crippen LogP contribution >= 0.6 is 0 Å². The molecule has 3 aromatic rings. The summed E-state index contributed by atoms with van der Waals surface area (Å²) < 4.78 is 0. The number of hydrogen-bond acceptors (Lipinski definition) is 4. The molecule has 0 fully saturated rings. The van der Waals surface area contributed by atoms with Gasteiger partial charge >= 0.3 is 48.9 Å². The van der Waals surface area contributed by atoms with E-state index in [4.69, 9.17) is 19.8 Å². The van der Waals surface area contributed by atoms with Crippen LogP contribution < -0.4 is 10.2 Å². The monoisotopic (exact) mass is 395 g/mol. The van der Waals surface area contributed by atoms with E-state index < -0.39 is 12.9 Å². The normalized spacial score (nSPS) is 8.40. The molecule has 5 nitrogen and oxygen atoms in total. The van der Waals surface area contributed by atoms with Gasteiger partial charge in [0.25, 0.3) is 0 Å². The zero-order valence-electron chi connectivity index (χ0n) is 10.6. The molecule has 0 amide bonds. The molecule has 0 aliphatic rings. The molecule has 0 bridgehead atoms. The van der Waals surface area contributed by atoms with E-state index in [1.54, 1.807) is 0 Å². The van der Waals surface area contributed by atoms with E-state index in [9.17, 15) is 0 Å². The number of aromatic amines is 1. The summed E-state index contributed by atoms with van der Waals surface area (Å²) in [5, 5.41) is 19.1. The Morgan fingerprint density at radius 1 is 0.750 bits per heavy atom. The first-order chi connectivity index (χ1) is 9.28. The predicted octanol–water partition coefficient (Wildman–Crippen LogP) is -0.327. The van der Waals surface area contributed by atoms with Gasteiger partial charge in [0.05, 0.1) is 0 Å². The Morgan fingerprint density at radius 2 is 1.05 bits per heavy atom. The van der Waals surface area contributed by atoms with Gasteiger partial charge in [-0.05, 0) is 12.1 Å². The topological polar surface area (TPSA) is 96.0 Å². The third-order valence-electron chi connectivity index (χ3n) is 2.41. The van der Waals surface area contributed by atoms with Crippen LogP contribution in [-0.2, 0) is 9.59 Å². The van der Waals surface area contributed by atoms with Gasteiger partial charge in [-0.15, -0.1) is 0 Å². The molecule has 2 aromatic carbocycles. The van der Waals surface area contributed by atoms with Gasteiger partial charge in [-0.3, -0.25) is 0 Å². The van der Waals surface area contributed by atoms with Crippen LogP contribution in [0.2, 0.25) is 0 Å². The molecule has 0 unspecified atom stereocenters. The zero-order valence-corrected chi connectivity index (χ0v) is 15.1. The molecule has 0 saturated heterocycles. The molecule has 0 atom stereocenters. The fourth-order valence-electron chi connectivity index (χ4n) is 1.80. The van der Waals surface area contributed by atoms with E-state index in [2.05, 4.69) is 53.5 Å². The number of H-pyrrole nitrogens is 1. The van der Waals surface area contributed by atoms with Crippen LogP contribution in [0, 0.1) is 0 Å². The van der Waals surface area contributed by atoms with Crippen LogP contribution in [0.1, 0.15) is 0 Å². The first-order valence-electron chi connectivity index (χ1n) is 5.35. The molecular weight excluding hydrogens is 383 g/mol. The van der Waals surface area contributed by atoms with Crippen molar-refractivity contribution in [1.82, 2.24) is 4.98 Å². The van der Waals surface area contributed by atoms with Crippen LogP contribution in [0.3, 0.4) is 0 Å². The summed E-state index contributed by atoms with van der Waals surface area (Å²) in [5.41, 5.74) is 2.42. The Kier molecular flexibility index (Phi) is 9.87. The summed E-state index contributed by atoms with van der Waals surface area (Å²) in [6.07, 6.45) is 0. The quantitative estimate of drug-likeness (QED) is 0.417. The minimum atomic E-state index is -0.500. The molecule has 0 spiro atoms. The van der Waals surface area contributed by atoms with Crippen molar-refractivity contribution in [2.45, 2.75) is 0 Å². The van der Waals surface area contributed by atoms with E-state index >= 15 is 0 Å². The maximum absolute atomic E-state index is 8.25. The van der Waals surface area contributed by atoms with Crippen molar-refractivity contribution < 1.29 is 19.8 Å². The van der Waals surface area contributed by atoms with Gasteiger partial charge in [-0.1, -0.05) is 36.4 Å². The Hall–Kier alpha value is -1.25. The Labute approximate surface area is 155 Å². The number of aromatic nitrogens is 1. The van der Waals surface area contributed by atoms with E-state index in [1.807, 2.05) is 0 Å². The van der Waals surface area contributed by atoms with Crippen molar-refractivity contribution in [1.29, 1.82) is 0 Å². The standard InChI is InChI=1S/C12H9N.2CH2O2.Ba/c1-3-7-11-9(5-1)10-6-2-4-8-12(10)13-11;2*2-1-3;/h1-8,13H;2*1H,(H,2,3);/q;;;+2/p-2. The number of rotatable bonds is 0. The molecule has 1 heterocycles. The summed E-state index contributed by atoms with van der Waals surface area (Å²) in [4.78, 5) is 19.9. The first-order valence-corrected chi connectivity index (χ1v) is 5.35. The predicted molar refractivity (Wildman–Crippen MR) is 73.7 cm³/mol. The van der Waals surface area contributed by atoms with Crippen molar-refractivity contribution in [2.75, 3.05) is 0 Å². The van der Waals surface area contributed by atoms with Gasteiger partial charge in [-0.2, -0.15) is 0 Å².